The minimum absolute atomic E-state index is 0.136. The Bertz CT molecular complexity index is 878. The highest BCUT2D eigenvalue weighted by molar-refractivity contribution is 6.37. The molecule has 1 aliphatic rings. The van der Waals surface area contributed by atoms with E-state index >= 15 is 0 Å². The van der Waals surface area contributed by atoms with Crippen molar-refractivity contribution in [2.75, 3.05) is 13.2 Å². The molecule has 0 spiro atoms. The van der Waals surface area contributed by atoms with Gasteiger partial charge in [0.15, 0.2) is 5.78 Å². The molecule has 0 fully saturated rings. The van der Waals surface area contributed by atoms with Crippen molar-refractivity contribution in [2.24, 2.45) is 17.3 Å². The van der Waals surface area contributed by atoms with Gasteiger partial charge in [-0.25, -0.2) is 4.79 Å². The average Bonchev–Trinajstić information content (AvgIpc) is 2.77. The predicted octanol–water partition coefficient (Wildman–Crippen LogP) is 2.80. The van der Waals surface area contributed by atoms with Gasteiger partial charge in [0.05, 0.1) is 25.0 Å². The number of aryl methyl sites for hydroxylation is 2. The first-order chi connectivity index (χ1) is 16.0. The molecule has 34 heavy (non-hydrogen) atoms. The Kier molecular flexibility index (Phi) is 10.1. The zero-order valence-corrected chi connectivity index (χ0v) is 21.0. The van der Waals surface area contributed by atoms with E-state index in [1.54, 1.807) is 12.4 Å². The topological polar surface area (TPSA) is 127 Å². The van der Waals surface area contributed by atoms with Gasteiger partial charge in [-0.3, -0.25) is 14.4 Å². The normalized spacial score (nSPS) is 18.7. The molecule has 2 amide bonds. The van der Waals surface area contributed by atoms with Crippen molar-refractivity contribution >= 4 is 23.6 Å². The van der Waals surface area contributed by atoms with Gasteiger partial charge in [-0.1, -0.05) is 34.6 Å². The molecule has 9 nitrogen and oxygen atoms in total. The third kappa shape index (κ3) is 8.83. The van der Waals surface area contributed by atoms with Crippen molar-refractivity contribution in [1.29, 1.82) is 0 Å². The first-order valence-electron chi connectivity index (χ1n) is 12.0. The van der Waals surface area contributed by atoms with Gasteiger partial charge >= 0.3 is 6.09 Å². The van der Waals surface area contributed by atoms with E-state index < -0.39 is 29.7 Å². The second-order valence-corrected chi connectivity index (χ2v) is 10.5. The minimum Gasteiger partial charge on any atom is -0.449 e. The lowest BCUT2D eigenvalue weighted by Crippen LogP contribution is -2.46. The lowest BCUT2D eigenvalue weighted by molar-refractivity contribution is -0.141. The third-order valence-electron chi connectivity index (χ3n) is 5.79. The molecule has 0 saturated carbocycles. The number of nitrogens with zero attached hydrogens (tertiary/aromatic N) is 2. The summed E-state index contributed by atoms with van der Waals surface area (Å²) in [5, 5.41) is 13.3. The number of fused-ring (bicyclic) bond motifs is 1. The van der Waals surface area contributed by atoms with Crippen molar-refractivity contribution in [1.82, 2.24) is 20.8 Å². The lowest BCUT2D eigenvalue weighted by atomic mass is 9.86. The van der Waals surface area contributed by atoms with Gasteiger partial charge < -0.3 is 15.4 Å². The van der Waals surface area contributed by atoms with Gasteiger partial charge in [0.2, 0.25) is 5.78 Å². The summed E-state index contributed by atoms with van der Waals surface area (Å²) in [6.45, 7) is 10.1. The number of aromatic nitrogens is 2. The van der Waals surface area contributed by atoms with Gasteiger partial charge in [-0.05, 0) is 54.6 Å². The van der Waals surface area contributed by atoms with Crippen molar-refractivity contribution in [3.63, 3.8) is 0 Å². The maximum Gasteiger partial charge on any atom is 0.407 e. The standard InChI is InChI=1S/C25H38N4O5/c1-16(2)21(29-24(33)34-15-25(3,4)5)20(30)12-17-9-10-19-14-28-27-13-18(19)8-6-7-11-26-23(32)22(17)31/h13-14,16-17,21H,6-12,15H2,1-5H3,(H,26,32)(H,29,33). The summed E-state index contributed by atoms with van der Waals surface area (Å²) in [6.07, 6.45) is 5.87. The minimum atomic E-state index is -0.817. The van der Waals surface area contributed by atoms with E-state index in [9.17, 15) is 19.2 Å². The van der Waals surface area contributed by atoms with E-state index in [1.807, 2.05) is 34.6 Å². The molecule has 0 radical (unpaired) electrons. The van der Waals surface area contributed by atoms with E-state index in [0.29, 0.717) is 19.4 Å². The summed E-state index contributed by atoms with van der Waals surface area (Å²) >= 11 is 0. The van der Waals surface area contributed by atoms with E-state index in [1.165, 1.54) is 0 Å². The Labute approximate surface area is 201 Å². The van der Waals surface area contributed by atoms with Gasteiger partial charge in [0, 0.05) is 18.9 Å². The number of ketones is 2. The second kappa shape index (κ2) is 12.6. The molecule has 1 aromatic heterocycles. The number of carbonyl (C=O) groups excluding carboxylic acids is 4. The van der Waals surface area contributed by atoms with Crippen LogP contribution in [-0.4, -0.2) is 53.0 Å². The number of ether oxygens (including phenoxy) is 1. The summed E-state index contributed by atoms with van der Waals surface area (Å²) in [5.41, 5.74) is 1.84. The molecule has 9 heteroatoms. The number of Topliss-reactive ketones (excluding diaryl/α,β-unsaturated/α-hetero) is 2. The van der Waals surface area contributed by atoms with Crippen LogP contribution in [0.5, 0.6) is 0 Å². The highest BCUT2D eigenvalue weighted by Gasteiger charge is 2.32. The van der Waals surface area contributed by atoms with Crippen LogP contribution in [0.4, 0.5) is 4.79 Å². The van der Waals surface area contributed by atoms with Crippen LogP contribution in [0.2, 0.25) is 0 Å². The summed E-state index contributed by atoms with van der Waals surface area (Å²) in [5.74, 6) is -2.56. The lowest BCUT2D eigenvalue weighted by Gasteiger charge is -2.25. The SMILES string of the molecule is CC(C)C(NC(=O)OCC(C)(C)C)C(=O)CC1CCc2cnncc2CCCCNC(=O)C1=O. The Balaban J connectivity index is 2.15. The zero-order chi connectivity index (χ0) is 25.3. The number of hydrogen-bond acceptors (Lipinski definition) is 7. The van der Waals surface area contributed by atoms with Crippen molar-refractivity contribution in [3.8, 4) is 0 Å². The molecule has 2 atom stereocenters. The summed E-state index contributed by atoms with van der Waals surface area (Å²) in [4.78, 5) is 50.8. The third-order valence-corrected chi connectivity index (χ3v) is 5.79. The molecule has 2 rings (SSSR count). The highest BCUT2D eigenvalue weighted by Crippen LogP contribution is 2.21. The van der Waals surface area contributed by atoms with Crippen LogP contribution < -0.4 is 10.6 Å². The average molecular weight is 475 g/mol. The molecule has 0 bridgehead atoms. The molecular weight excluding hydrogens is 436 g/mol. The molecule has 2 N–H and O–H groups in total. The number of alkyl carbamates (subject to hydrolysis) is 1. The molecule has 1 aromatic rings. The van der Waals surface area contributed by atoms with Gasteiger partial charge in [0.25, 0.3) is 5.91 Å². The van der Waals surface area contributed by atoms with E-state index in [0.717, 1.165) is 30.4 Å². The monoisotopic (exact) mass is 474 g/mol. The fourth-order valence-electron chi connectivity index (χ4n) is 3.83. The summed E-state index contributed by atoms with van der Waals surface area (Å²) in [6, 6.07) is -0.817. The van der Waals surface area contributed by atoms with Crippen LogP contribution in [0, 0.1) is 17.3 Å². The van der Waals surface area contributed by atoms with E-state index in [2.05, 4.69) is 20.8 Å². The quantitative estimate of drug-likeness (QED) is 0.607. The van der Waals surface area contributed by atoms with E-state index in [4.69, 9.17) is 4.74 Å². The zero-order valence-electron chi connectivity index (χ0n) is 21.0. The molecule has 0 aromatic carbocycles. The molecule has 2 heterocycles. The maximum absolute atomic E-state index is 13.2. The first kappa shape index (κ1) is 27.4. The Hall–Kier alpha value is -2.84. The van der Waals surface area contributed by atoms with Gasteiger partial charge in [0.1, 0.15) is 0 Å². The van der Waals surface area contributed by atoms with Crippen LogP contribution in [0.3, 0.4) is 0 Å². The summed E-state index contributed by atoms with van der Waals surface area (Å²) < 4.78 is 5.25. The Morgan fingerprint density at radius 1 is 1.12 bits per heavy atom. The van der Waals surface area contributed by atoms with Crippen molar-refractivity contribution in [2.45, 2.75) is 79.2 Å². The smallest absolute Gasteiger partial charge is 0.407 e. The maximum atomic E-state index is 13.2. The molecule has 1 aliphatic heterocycles. The largest absolute Gasteiger partial charge is 0.449 e. The fraction of sp³-hybridized carbons (Fsp3) is 0.680. The highest BCUT2D eigenvalue weighted by atomic mass is 16.5. The Morgan fingerprint density at radius 3 is 2.38 bits per heavy atom. The first-order valence-corrected chi connectivity index (χ1v) is 12.0. The van der Waals surface area contributed by atoms with Crippen molar-refractivity contribution < 1.29 is 23.9 Å². The van der Waals surface area contributed by atoms with E-state index in [-0.39, 0.29) is 30.1 Å². The van der Waals surface area contributed by atoms with Crippen LogP contribution >= 0.6 is 0 Å². The molecular formula is C25H38N4O5. The number of nitrogens with one attached hydrogen (secondary N) is 2. The summed E-state index contributed by atoms with van der Waals surface area (Å²) in [7, 11) is 0. The van der Waals surface area contributed by atoms with Crippen LogP contribution in [0.25, 0.3) is 0 Å². The second-order valence-electron chi connectivity index (χ2n) is 10.5. The molecule has 0 saturated heterocycles. The molecule has 0 aliphatic carbocycles. The number of hydrogen-bond donors (Lipinski definition) is 2. The molecule has 2 unspecified atom stereocenters. The number of rotatable bonds is 6. The van der Waals surface area contributed by atoms with Crippen molar-refractivity contribution in [3.05, 3.63) is 23.5 Å². The van der Waals surface area contributed by atoms with Crippen LogP contribution in [0.15, 0.2) is 12.4 Å². The van der Waals surface area contributed by atoms with Gasteiger partial charge in [-0.2, -0.15) is 10.2 Å². The molecule has 188 valence electrons. The Morgan fingerprint density at radius 2 is 1.76 bits per heavy atom. The van der Waals surface area contributed by atoms with Crippen LogP contribution in [0.1, 0.15) is 71.4 Å². The predicted molar refractivity (Wildman–Crippen MR) is 127 cm³/mol. The van der Waals surface area contributed by atoms with Gasteiger partial charge in [-0.15, -0.1) is 0 Å². The number of amides is 2. The van der Waals surface area contributed by atoms with Crippen LogP contribution in [-0.2, 0) is 32.0 Å². The number of carbonyl (C=O) groups is 4. The fourth-order valence-corrected chi connectivity index (χ4v) is 3.83.